The highest BCUT2D eigenvalue weighted by Crippen LogP contribution is 2.49. The topological polar surface area (TPSA) is 0 Å². The fourth-order valence-electron chi connectivity index (χ4n) is 9.97. The van der Waals surface area contributed by atoms with Gasteiger partial charge in [-0.25, -0.2) is 0 Å². The van der Waals surface area contributed by atoms with Crippen LogP contribution in [-0.4, -0.2) is 0 Å². The summed E-state index contributed by atoms with van der Waals surface area (Å²) < 4.78 is 5.39. The maximum atomic E-state index is 2.45. The SMILES string of the molecule is c1cc(-c2ccc3ccccc3c2)cc(-c2c3ccccc3c(-c3ccc(-c4cc5sc6ccc7sc8ccccc8c7c6c5c5ccccc45)cc3)c3ccccc23)c1. The predicted octanol–water partition coefficient (Wildman–Crippen LogP) is 17.7. The summed E-state index contributed by atoms with van der Waals surface area (Å²) >= 11 is 3.82. The Hall–Kier alpha value is -7.10. The van der Waals surface area contributed by atoms with Gasteiger partial charge >= 0.3 is 0 Å². The lowest BCUT2D eigenvalue weighted by Crippen LogP contribution is -1.91. The van der Waals surface area contributed by atoms with Crippen LogP contribution < -0.4 is 0 Å². The van der Waals surface area contributed by atoms with E-state index in [1.807, 2.05) is 22.7 Å². The Morgan fingerprint density at radius 1 is 0.233 bits per heavy atom. The van der Waals surface area contributed by atoms with E-state index in [0.717, 1.165) is 0 Å². The molecule has 0 aliphatic carbocycles. The standard InChI is InChI=1S/C58H34S2/c1-2-13-38-32-40(29-24-35(38)12-1)39-14-11-15-41(33-39)55-46-20-7-5-18-44(46)54(45-19-6-8-21-47(45)55)37-27-25-36(26-28-37)49-34-53-56(43-17-4-3-16-42(43)49)58-52(60-53)31-30-51-57(58)48-22-9-10-23-50(48)59-51/h1-34H. The first-order valence-corrected chi connectivity index (χ1v) is 22.2. The Morgan fingerprint density at radius 2 is 0.733 bits per heavy atom. The quantitative estimate of drug-likeness (QED) is 0.156. The van der Waals surface area contributed by atoms with Crippen molar-refractivity contribution in [1.29, 1.82) is 0 Å². The first-order valence-electron chi connectivity index (χ1n) is 20.6. The molecule has 0 nitrogen and oxygen atoms in total. The third-order valence-electron chi connectivity index (χ3n) is 12.6. The Balaban J connectivity index is 0.968. The van der Waals surface area contributed by atoms with Crippen LogP contribution in [0.4, 0.5) is 0 Å². The molecule has 0 spiro atoms. The van der Waals surface area contributed by atoms with E-state index in [-0.39, 0.29) is 0 Å². The number of rotatable bonds is 4. The van der Waals surface area contributed by atoms with Gasteiger partial charge in [0.25, 0.3) is 0 Å². The molecule has 0 aliphatic rings. The minimum Gasteiger partial charge on any atom is -0.135 e. The molecule has 0 N–H and O–H groups in total. The van der Waals surface area contributed by atoms with Crippen LogP contribution >= 0.6 is 22.7 Å². The number of thiophene rings is 2. The van der Waals surface area contributed by atoms with Crippen LogP contribution in [0, 0.1) is 0 Å². The van der Waals surface area contributed by atoms with Gasteiger partial charge in [0.05, 0.1) is 0 Å². The van der Waals surface area contributed by atoms with Crippen LogP contribution in [0.3, 0.4) is 0 Å². The lowest BCUT2D eigenvalue weighted by Gasteiger charge is -2.18. The van der Waals surface area contributed by atoms with E-state index in [2.05, 4.69) is 206 Å². The van der Waals surface area contributed by atoms with Crippen molar-refractivity contribution in [3.8, 4) is 44.5 Å². The second-order valence-corrected chi connectivity index (χ2v) is 18.1. The van der Waals surface area contributed by atoms with Gasteiger partial charge in [0, 0.05) is 40.3 Å². The van der Waals surface area contributed by atoms with Gasteiger partial charge in [-0.1, -0.05) is 170 Å². The van der Waals surface area contributed by atoms with Gasteiger partial charge in [-0.15, -0.1) is 22.7 Å². The molecule has 0 radical (unpaired) electrons. The normalized spacial score (nSPS) is 12.0. The van der Waals surface area contributed by atoms with Crippen molar-refractivity contribution in [2.75, 3.05) is 0 Å². The maximum Gasteiger partial charge on any atom is 0.0368 e. The molecule has 0 amide bonds. The van der Waals surface area contributed by atoms with Crippen molar-refractivity contribution < 1.29 is 0 Å². The van der Waals surface area contributed by atoms with E-state index in [0.29, 0.717) is 0 Å². The first-order chi connectivity index (χ1) is 29.7. The summed E-state index contributed by atoms with van der Waals surface area (Å²) in [6.45, 7) is 0. The van der Waals surface area contributed by atoms with Crippen LogP contribution in [0.25, 0.3) is 128 Å². The fourth-order valence-corrected chi connectivity index (χ4v) is 12.3. The van der Waals surface area contributed by atoms with Gasteiger partial charge < -0.3 is 0 Å². The Morgan fingerprint density at radius 3 is 1.47 bits per heavy atom. The third kappa shape index (κ3) is 5.08. The molecule has 13 aromatic rings. The molecule has 0 bridgehead atoms. The largest absolute Gasteiger partial charge is 0.135 e. The van der Waals surface area contributed by atoms with Crippen LogP contribution in [0.5, 0.6) is 0 Å². The highest BCUT2D eigenvalue weighted by Gasteiger charge is 2.20. The molecule has 0 saturated carbocycles. The number of benzene rings is 11. The summed E-state index contributed by atoms with van der Waals surface area (Å²) in [6, 6.07) is 76.8. The fraction of sp³-hybridized carbons (Fsp3) is 0. The molecular weight excluding hydrogens is 761 g/mol. The smallest absolute Gasteiger partial charge is 0.0368 e. The highest BCUT2D eigenvalue weighted by molar-refractivity contribution is 7.28. The van der Waals surface area contributed by atoms with E-state index < -0.39 is 0 Å². The van der Waals surface area contributed by atoms with Gasteiger partial charge in [-0.2, -0.15) is 0 Å². The number of fused-ring (bicyclic) bond motifs is 12. The molecule has 0 unspecified atom stereocenters. The zero-order valence-electron chi connectivity index (χ0n) is 32.4. The number of hydrogen-bond acceptors (Lipinski definition) is 2. The molecule has 0 saturated heterocycles. The molecule has 278 valence electrons. The lowest BCUT2D eigenvalue weighted by atomic mass is 9.85. The minimum absolute atomic E-state index is 1.22. The van der Waals surface area contributed by atoms with Crippen molar-refractivity contribution in [3.63, 3.8) is 0 Å². The highest BCUT2D eigenvalue weighted by atomic mass is 32.1. The van der Waals surface area contributed by atoms with Crippen molar-refractivity contribution in [2.24, 2.45) is 0 Å². The van der Waals surface area contributed by atoms with Crippen molar-refractivity contribution >= 4 is 106 Å². The average Bonchev–Trinajstić information content (AvgIpc) is 3.89. The van der Waals surface area contributed by atoms with E-state index in [4.69, 9.17) is 0 Å². The molecule has 2 aromatic heterocycles. The average molecular weight is 795 g/mol. The summed E-state index contributed by atoms with van der Waals surface area (Å²) in [5.74, 6) is 0. The Labute approximate surface area is 354 Å². The molecule has 0 atom stereocenters. The van der Waals surface area contributed by atoms with Gasteiger partial charge in [-0.05, 0) is 124 Å². The van der Waals surface area contributed by atoms with Crippen LogP contribution in [0.2, 0.25) is 0 Å². The van der Waals surface area contributed by atoms with Gasteiger partial charge in [0.15, 0.2) is 0 Å². The second-order valence-electron chi connectivity index (χ2n) is 15.9. The molecule has 0 aliphatic heterocycles. The van der Waals surface area contributed by atoms with E-state index in [1.54, 1.807) is 0 Å². The molecule has 11 aromatic carbocycles. The summed E-state index contributed by atoms with van der Waals surface area (Å²) in [5, 5.41) is 15.7. The molecule has 0 fully saturated rings. The summed E-state index contributed by atoms with van der Waals surface area (Å²) in [5.41, 5.74) is 9.97. The number of hydrogen-bond donors (Lipinski definition) is 0. The van der Waals surface area contributed by atoms with Crippen LogP contribution in [-0.2, 0) is 0 Å². The van der Waals surface area contributed by atoms with Gasteiger partial charge in [0.1, 0.15) is 0 Å². The van der Waals surface area contributed by atoms with E-state index >= 15 is 0 Å². The third-order valence-corrected chi connectivity index (χ3v) is 14.9. The molecule has 2 heteroatoms. The van der Waals surface area contributed by atoms with Crippen molar-refractivity contribution in [2.45, 2.75) is 0 Å². The Bertz CT molecular complexity index is 3820. The summed E-state index contributed by atoms with van der Waals surface area (Å²) in [7, 11) is 0. The van der Waals surface area contributed by atoms with E-state index in [1.165, 1.54) is 128 Å². The van der Waals surface area contributed by atoms with Crippen LogP contribution in [0.1, 0.15) is 0 Å². The second kappa shape index (κ2) is 13.2. The predicted molar refractivity (Wildman–Crippen MR) is 264 cm³/mol. The summed E-state index contributed by atoms with van der Waals surface area (Å²) in [4.78, 5) is 0. The molecule has 60 heavy (non-hydrogen) atoms. The van der Waals surface area contributed by atoms with E-state index in [9.17, 15) is 0 Å². The molecule has 2 heterocycles. The zero-order valence-corrected chi connectivity index (χ0v) is 34.1. The molecular formula is C58H34S2. The monoisotopic (exact) mass is 794 g/mol. The van der Waals surface area contributed by atoms with Crippen molar-refractivity contribution in [3.05, 3.63) is 206 Å². The van der Waals surface area contributed by atoms with Gasteiger partial charge in [-0.3, -0.25) is 0 Å². The maximum absolute atomic E-state index is 2.45. The first kappa shape index (κ1) is 33.8. The Kier molecular flexibility index (Phi) is 7.45. The zero-order chi connectivity index (χ0) is 39.3. The minimum atomic E-state index is 1.22. The van der Waals surface area contributed by atoms with Crippen LogP contribution in [0.15, 0.2) is 206 Å². The van der Waals surface area contributed by atoms with Crippen molar-refractivity contribution in [1.82, 2.24) is 0 Å². The molecule has 13 rings (SSSR count). The van der Waals surface area contributed by atoms with Gasteiger partial charge in [0.2, 0.25) is 0 Å². The lowest BCUT2D eigenvalue weighted by molar-refractivity contribution is 1.62. The summed E-state index contributed by atoms with van der Waals surface area (Å²) in [6.07, 6.45) is 0.